The SMILES string of the molecule is COC(=O)c1cnn(-c2ccc(F)cc2)c1O. The van der Waals surface area contributed by atoms with E-state index in [1.807, 2.05) is 0 Å². The summed E-state index contributed by atoms with van der Waals surface area (Å²) in [6.45, 7) is 0. The standard InChI is InChI=1S/C11H9FN2O3/c1-17-11(16)9-6-13-14(10(9)15)8-4-2-7(12)3-5-8/h2-6,15H,1H3. The summed E-state index contributed by atoms with van der Waals surface area (Å²) in [5.41, 5.74) is 0.399. The fraction of sp³-hybridized carbons (Fsp3) is 0.0909. The number of carbonyl (C=O) groups excluding carboxylic acids is 1. The van der Waals surface area contributed by atoms with Crippen molar-refractivity contribution in [3.63, 3.8) is 0 Å². The summed E-state index contributed by atoms with van der Waals surface area (Å²) in [6, 6.07) is 5.33. The monoisotopic (exact) mass is 236 g/mol. The molecule has 17 heavy (non-hydrogen) atoms. The summed E-state index contributed by atoms with van der Waals surface area (Å²) in [6.07, 6.45) is 1.19. The van der Waals surface area contributed by atoms with Gasteiger partial charge in [-0.1, -0.05) is 0 Å². The number of carbonyl (C=O) groups is 1. The predicted octanol–water partition coefficient (Wildman–Crippen LogP) is 1.50. The quantitative estimate of drug-likeness (QED) is 0.802. The zero-order chi connectivity index (χ0) is 12.4. The van der Waals surface area contributed by atoms with E-state index in [4.69, 9.17) is 0 Å². The second kappa shape index (κ2) is 4.25. The molecule has 0 saturated carbocycles. The first-order valence-electron chi connectivity index (χ1n) is 4.74. The molecule has 1 N–H and O–H groups in total. The van der Waals surface area contributed by atoms with Crippen LogP contribution in [0.2, 0.25) is 0 Å². The smallest absolute Gasteiger partial charge is 0.345 e. The van der Waals surface area contributed by atoms with E-state index in [1.54, 1.807) is 0 Å². The highest BCUT2D eigenvalue weighted by Crippen LogP contribution is 2.21. The maximum absolute atomic E-state index is 12.7. The molecule has 0 radical (unpaired) electrons. The molecule has 0 aliphatic heterocycles. The minimum absolute atomic E-state index is 0.0446. The maximum atomic E-state index is 12.7. The van der Waals surface area contributed by atoms with Gasteiger partial charge in [-0.15, -0.1) is 0 Å². The highest BCUT2D eigenvalue weighted by atomic mass is 19.1. The van der Waals surface area contributed by atoms with Crippen molar-refractivity contribution < 1.29 is 19.0 Å². The third kappa shape index (κ3) is 1.96. The molecule has 88 valence electrons. The molecule has 1 aromatic heterocycles. The van der Waals surface area contributed by atoms with E-state index in [0.717, 1.165) is 4.68 Å². The van der Waals surface area contributed by atoms with Gasteiger partial charge in [0.25, 0.3) is 0 Å². The Morgan fingerprint density at radius 1 is 1.41 bits per heavy atom. The van der Waals surface area contributed by atoms with E-state index >= 15 is 0 Å². The lowest BCUT2D eigenvalue weighted by Gasteiger charge is -2.03. The highest BCUT2D eigenvalue weighted by molar-refractivity contribution is 5.91. The Balaban J connectivity index is 2.44. The van der Waals surface area contributed by atoms with Gasteiger partial charge in [-0.2, -0.15) is 5.10 Å². The average molecular weight is 236 g/mol. The van der Waals surface area contributed by atoms with Gasteiger partial charge in [0.2, 0.25) is 5.88 Å². The number of nitrogens with zero attached hydrogens (tertiary/aromatic N) is 2. The first kappa shape index (κ1) is 11.1. The van der Waals surface area contributed by atoms with Gasteiger partial charge < -0.3 is 9.84 Å². The fourth-order valence-electron chi connectivity index (χ4n) is 1.37. The van der Waals surface area contributed by atoms with Crippen molar-refractivity contribution in [1.82, 2.24) is 9.78 Å². The van der Waals surface area contributed by atoms with Crippen LogP contribution in [-0.2, 0) is 4.74 Å². The summed E-state index contributed by atoms with van der Waals surface area (Å²) in [4.78, 5) is 11.2. The molecule has 0 amide bonds. The van der Waals surface area contributed by atoms with E-state index in [1.165, 1.54) is 37.6 Å². The summed E-state index contributed by atoms with van der Waals surface area (Å²) in [5.74, 6) is -1.42. The van der Waals surface area contributed by atoms with Crippen molar-refractivity contribution in [3.8, 4) is 11.6 Å². The van der Waals surface area contributed by atoms with E-state index < -0.39 is 11.8 Å². The second-order valence-corrected chi connectivity index (χ2v) is 3.26. The molecule has 2 aromatic rings. The third-order valence-electron chi connectivity index (χ3n) is 2.22. The molecule has 0 aliphatic carbocycles. The molecule has 1 heterocycles. The van der Waals surface area contributed by atoms with Crippen LogP contribution < -0.4 is 0 Å². The van der Waals surface area contributed by atoms with E-state index in [2.05, 4.69) is 9.84 Å². The fourth-order valence-corrected chi connectivity index (χ4v) is 1.37. The molecule has 6 heteroatoms. The molecule has 0 bridgehead atoms. The number of aromatic nitrogens is 2. The number of esters is 1. The molecule has 0 saturated heterocycles. The van der Waals surface area contributed by atoms with E-state index in [-0.39, 0.29) is 11.4 Å². The van der Waals surface area contributed by atoms with Crippen LogP contribution in [0.1, 0.15) is 10.4 Å². The zero-order valence-corrected chi connectivity index (χ0v) is 8.92. The molecule has 0 unspecified atom stereocenters. The van der Waals surface area contributed by atoms with Crippen LogP contribution in [0.3, 0.4) is 0 Å². The van der Waals surface area contributed by atoms with Crippen molar-refractivity contribution in [2.24, 2.45) is 0 Å². The summed E-state index contributed by atoms with van der Waals surface area (Å²) < 4.78 is 18.3. The number of ether oxygens (including phenoxy) is 1. The van der Waals surface area contributed by atoms with Gasteiger partial charge in [-0.3, -0.25) is 0 Å². The van der Waals surface area contributed by atoms with Gasteiger partial charge >= 0.3 is 5.97 Å². The summed E-state index contributed by atoms with van der Waals surface area (Å²) >= 11 is 0. The molecule has 0 aliphatic rings. The number of aromatic hydroxyl groups is 1. The summed E-state index contributed by atoms with van der Waals surface area (Å²) in [5, 5.41) is 13.6. The zero-order valence-electron chi connectivity index (χ0n) is 8.92. The molecule has 0 atom stereocenters. The number of benzene rings is 1. The first-order chi connectivity index (χ1) is 8.13. The average Bonchev–Trinajstić information content (AvgIpc) is 2.71. The van der Waals surface area contributed by atoms with Gasteiger partial charge in [0.1, 0.15) is 11.4 Å². The van der Waals surface area contributed by atoms with Crippen LogP contribution in [0.25, 0.3) is 5.69 Å². The van der Waals surface area contributed by atoms with E-state index in [9.17, 15) is 14.3 Å². The second-order valence-electron chi connectivity index (χ2n) is 3.26. The van der Waals surface area contributed by atoms with Gasteiger partial charge in [0.05, 0.1) is 19.0 Å². The van der Waals surface area contributed by atoms with Crippen molar-refractivity contribution in [1.29, 1.82) is 0 Å². The lowest BCUT2D eigenvalue weighted by molar-refractivity contribution is 0.0597. The largest absolute Gasteiger partial charge is 0.493 e. The number of hydrogen-bond acceptors (Lipinski definition) is 4. The van der Waals surface area contributed by atoms with Crippen LogP contribution in [-0.4, -0.2) is 28.0 Å². The Bertz CT molecular complexity index is 548. The highest BCUT2D eigenvalue weighted by Gasteiger charge is 2.18. The Kier molecular flexibility index (Phi) is 2.78. The number of hydrogen-bond donors (Lipinski definition) is 1. The normalized spacial score (nSPS) is 10.2. The lowest BCUT2D eigenvalue weighted by atomic mass is 10.3. The van der Waals surface area contributed by atoms with Gasteiger partial charge in [-0.25, -0.2) is 13.9 Å². The number of rotatable bonds is 2. The lowest BCUT2D eigenvalue weighted by Crippen LogP contribution is -2.01. The molecule has 2 rings (SSSR count). The molecule has 5 nitrogen and oxygen atoms in total. The third-order valence-corrected chi connectivity index (χ3v) is 2.22. The van der Waals surface area contributed by atoms with Gasteiger partial charge in [0.15, 0.2) is 0 Å². The molecular formula is C11H9FN2O3. The van der Waals surface area contributed by atoms with Crippen molar-refractivity contribution in [2.45, 2.75) is 0 Å². The number of methoxy groups -OCH3 is 1. The Labute approximate surface area is 96.1 Å². The Morgan fingerprint density at radius 3 is 2.65 bits per heavy atom. The van der Waals surface area contributed by atoms with Gasteiger partial charge in [0, 0.05) is 0 Å². The Hall–Kier alpha value is -2.37. The van der Waals surface area contributed by atoms with Crippen LogP contribution in [0.5, 0.6) is 5.88 Å². The predicted molar refractivity (Wildman–Crippen MR) is 56.5 cm³/mol. The van der Waals surface area contributed by atoms with Gasteiger partial charge in [-0.05, 0) is 24.3 Å². The van der Waals surface area contributed by atoms with Crippen LogP contribution in [0.4, 0.5) is 4.39 Å². The van der Waals surface area contributed by atoms with Crippen molar-refractivity contribution in [3.05, 3.63) is 41.8 Å². The molecule has 1 aromatic carbocycles. The number of halogens is 1. The van der Waals surface area contributed by atoms with Crippen LogP contribution in [0, 0.1) is 5.82 Å². The summed E-state index contributed by atoms with van der Waals surface area (Å²) in [7, 11) is 1.21. The van der Waals surface area contributed by atoms with Crippen molar-refractivity contribution >= 4 is 5.97 Å². The van der Waals surface area contributed by atoms with Crippen molar-refractivity contribution in [2.75, 3.05) is 7.11 Å². The topological polar surface area (TPSA) is 64.3 Å². The van der Waals surface area contributed by atoms with Crippen LogP contribution in [0.15, 0.2) is 30.5 Å². The molecule has 0 fully saturated rings. The molecule has 0 spiro atoms. The first-order valence-corrected chi connectivity index (χ1v) is 4.74. The minimum atomic E-state index is -0.684. The Morgan fingerprint density at radius 2 is 2.06 bits per heavy atom. The van der Waals surface area contributed by atoms with Crippen LogP contribution >= 0.6 is 0 Å². The minimum Gasteiger partial charge on any atom is -0.493 e. The molecular weight excluding hydrogens is 227 g/mol. The maximum Gasteiger partial charge on any atom is 0.345 e. The van der Waals surface area contributed by atoms with E-state index in [0.29, 0.717) is 5.69 Å².